The summed E-state index contributed by atoms with van der Waals surface area (Å²) in [6, 6.07) is 22.5. The molecule has 5 aromatic rings. The molecular weight excluding hydrogens is 594 g/mol. The number of pyridine rings is 1. The molecule has 1 saturated heterocycles. The molecule has 0 radical (unpaired) electrons. The monoisotopic (exact) mass is 636 g/mol. The van der Waals surface area contributed by atoms with Gasteiger partial charge in [-0.2, -0.15) is 0 Å². The largest absolute Gasteiger partial charge is 0.591 e. The Morgan fingerprint density at radius 1 is 0.957 bits per heavy atom. The number of methoxy groups -OCH3 is 1. The van der Waals surface area contributed by atoms with Gasteiger partial charge in [0.1, 0.15) is 17.2 Å². The van der Waals surface area contributed by atoms with Crippen LogP contribution in [0, 0.1) is 0 Å². The Balaban J connectivity index is 1.18. The third kappa shape index (κ3) is 7.42. The Kier molecular flexibility index (Phi) is 9.47. The van der Waals surface area contributed by atoms with Crippen molar-refractivity contribution in [1.29, 1.82) is 0 Å². The average Bonchev–Trinajstić information content (AvgIpc) is 3.07. The molecule has 0 unspecified atom stereocenters. The van der Waals surface area contributed by atoms with Crippen molar-refractivity contribution in [1.82, 2.24) is 9.88 Å². The molecule has 244 valence electrons. The molecule has 0 spiro atoms. The van der Waals surface area contributed by atoms with E-state index >= 15 is 0 Å². The van der Waals surface area contributed by atoms with E-state index in [1.165, 1.54) is 0 Å². The Hall–Kier alpha value is -4.86. The maximum atomic E-state index is 13.6. The lowest BCUT2D eigenvalue weighted by molar-refractivity contribution is 0.0357. The number of carbonyl (C=O) groups is 1. The quantitative estimate of drug-likeness (QED) is 0.127. The zero-order valence-corrected chi connectivity index (χ0v) is 27.4. The number of hydrogen-bond acceptors (Lipinski definition) is 7. The predicted octanol–water partition coefficient (Wildman–Crippen LogP) is 7.28. The highest BCUT2D eigenvalue weighted by atomic mass is 16.5. The van der Waals surface area contributed by atoms with Gasteiger partial charge >= 0.3 is 0 Å². The number of morpholine rings is 1. The zero-order valence-electron chi connectivity index (χ0n) is 27.4. The minimum Gasteiger partial charge on any atom is -0.591 e. The second-order valence-electron chi connectivity index (χ2n) is 12.7. The molecule has 1 aliphatic heterocycles. The van der Waals surface area contributed by atoms with Gasteiger partial charge in [-0.15, -0.1) is 0 Å². The fourth-order valence-electron chi connectivity index (χ4n) is 5.76. The molecule has 1 fully saturated rings. The van der Waals surface area contributed by atoms with E-state index in [4.69, 9.17) is 24.1 Å². The van der Waals surface area contributed by atoms with Gasteiger partial charge in [0.15, 0.2) is 0 Å². The van der Waals surface area contributed by atoms with Crippen molar-refractivity contribution in [2.45, 2.75) is 32.6 Å². The third-order valence-electron chi connectivity index (χ3n) is 8.42. The summed E-state index contributed by atoms with van der Waals surface area (Å²) in [6.45, 7) is 11.3. The van der Waals surface area contributed by atoms with Crippen LogP contribution < -0.4 is 19.5 Å². The van der Waals surface area contributed by atoms with Crippen molar-refractivity contribution in [3.05, 3.63) is 90.1 Å². The molecule has 0 saturated carbocycles. The van der Waals surface area contributed by atoms with Crippen molar-refractivity contribution < 1.29 is 28.8 Å². The minimum absolute atomic E-state index is 0.0801. The summed E-state index contributed by atoms with van der Waals surface area (Å²) < 4.78 is 23.3. The lowest BCUT2D eigenvalue weighted by atomic mass is 9.87. The van der Waals surface area contributed by atoms with Crippen molar-refractivity contribution in [3.8, 4) is 28.7 Å². The molecule has 1 aromatic heterocycles. The highest BCUT2D eigenvalue weighted by molar-refractivity contribution is 6.13. The number of aromatic nitrogens is 1. The van der Waals surface area contributed by atoms with Crippen molar-refractivity contribution in [2.75, 3.05) is 51.9 Å². The SMILES string of the molecule is COc1ccc(C(C)(C)C)cc1NC(=O)c1cccc2cc(Oc3ccnc4cc(OCCCN5CCOCC5)c([OH2+])cc34)ccc12. The Morgan fingerprint density at radius 2 is 1.79 bits per heavy atom. The Labute approximate surface area is 275 Å². The zero-order chi connectivity index (χ0) is 33.0. The fraction of sp³-hybridized carbons (Fsp3) is 0.316. The first-order valence-corrected chi connectivity index (χ1v) is 16.0. The van der Waals surface area contributed by atoms with Gasteiger partial charge < -0.3 is 29.4 Å². The predicted molar refractivity (Wildman–Crippen MR) is 186 cm³/mol. The maximum absolute atomic E-state index is 13.6. The fourth-order valence-corrected chi connectivity index (χ4v) is 5.76. The van der Waals surface area contributed by atoms with Gasteiger partial charge in [-0.25, -0.2) is 0 Å². The van der Waals surface area contributed by atoms with Gasteiger partial charge in [0.2, 0.25) is 5.75 Å². The number of nitrogens with zero attached hydrogens (tertiary/aromatic N) is 2. The van der Waals surface area contributed by atoms with Crippen molar-refractivity contribution in [3.63, 3.8) is 0 Å². The lowest BCUT2D eigenvalue weighted by Gasteiger charge is -2.26. The van der Waals surface area contributed by atoms with E-state index in [2.05, 4.69) is 36.0 Å². The van der Waals surface area contributed by atoms with Crippen LogP contribution >= 0.6 is 0 Å². The number of hydrogen-bond donors (Lipinski definition) is 1. The van der Waals surface area contributed by atoms with E-state index in [0.717, 1.165) is 61.0 Å². The number of ether oxygens (including phenoxy) is 4. The highest BCUT2D eigenvalue weighted by Gasteiger charge is 2.19. The molecule has 9 heteroatoms. The number of fused-ring (bicyclic) bond motifs is 2. The van der Waals surface area contributed by atoms with Crippen LogP contribution in [0.4, 0.5) is 5.69 Å². The molecule has 4 aromatic carbocycles. The second kappa shape index (κ2) is 13.9. The summed E-state index contributed by atoms with van der Waals surface area (Å²) in [5, 5.41) is 14.0. The first kappa shape index (κ1) is 32.1. The van der Waals surface area contributed by atoms with Crippen molar-refractivity contribution >= 4 is 33.3 Å². The number of carbonyl (C=O) groups excluding carboxylic acids is 1. The van der Waals surface area contributed by atoms with Crippen LogP contribution in [0.1, 0.15) is 43.1 Å². The number of benzene rings is 4. The van der Waals surface area contributed by atoms with Crippen LogP contribution in [0.5, 0.6) is 28.7 Å². The Morgan fingerprint density at radius 3 is 2.57 bits per heavy atom. The van der Waals surface area contributed by atoms with E-state index in [1.807, 2.05) is 54.6 Å². The summed E-state index contributed by atoms with van der Waals surface area (Å²) in [5.41, 5.74) is 2.87. The smallest absolute Gasteiger partial charge is 0.297 e. The minimum atomic E-state index is -0.226. The highest BCUT2D eigenvalue weighted by Crippen LogP contribution is 2.38. The maximum Gasteiger partial charge on any atom is 0.297 e. The topological polar surface area (TPSA) is 105 Å². The second-order valence-corrected chi connectivity index (χ2v) is 12.7. The average molecular weight is 637 g/mol. The van der Waals surface area contributed by atoms with Crippen LogP contribution in [0.25, 0.3) is 21.7 Å². The van der Waals surface area contributed by atoms with Gasteiger partial charge in [-0.05, 0) is 70.6 Å². The molecule has 1 aliphatic rings. The summed E-state index contributed by atoms with van der Waals surface area (Å²) in [6.07, 6.45) is 2.56. The molecular formula is C38H42N3O6+. The van der Waals surface area contributed by atoms with Crippen LogP contribution in [0.3, 0.4) is 0 Å². The molecule has 1 amide bonds. The molecule has 2 heterocycles. The summed E-state index contributed by atoms with van der Waals surface area (Å²) in [7, 11) is 1.60. The molecule has 0 aliphatic carbocycles. The van der Waals surface area contributed by atoms with Crippen LogP contribution in [-0.4, -0.2) is 67.5 Å². The summed E-state index contributed by atoms with van der Waals surface area (Å²) >= 11 is 0. The van der Waals surface area contributed by atoms with E-state index in [9.17, 15) is 4.79 Å². The van der Waals surface area contributed by atoms with E-state index in [-0.39, 0.29) is 17.1 Å². The summed E-state index contributed by atoms with van der Waals surface area (Å²) in [5.74, 6) is 2.35. The summed E-state index contributed by atoms with van der Waals surface area (Å²) in [4.78, 5) is 20.4. The standard InChI is InChI=1S/C38H41N3O6/c1-38(2,3)26-9-12-35(44-4)32(22-26)40-37(43)29-8-5-7-25-21-27(10-11-28(25)29)47-34-13-14-39-31-24-36(33(42)23-30(31)34)46-18-6-15-41-16-19-45-20-17-41/h5,7-14,21-24,42H,6,15-20H2,1-4H3,(H,40,43)/p+1. The molecule has 0 bridgehead atoms. The van der Waals surface area contributed by atoms with Gasteiger partial charge in [-0.1, -0.05) is 39.0 Å². The number of amides is 1. The van der Waals surface area contributed by atoms with Gasteiger partial charge in [0.05, 0.1) is 49.6 Å². The number of anilines is 1. The van der Waals surface area contributed by atoms with Gasteiger partial charge in [0, 0.05) is 37.5 Å². The van der Waals surface area contributed by atoms with Crippen LogP contribution in [0.2, 0.25) is 0 Å². The Bertz CT molecular complexity index is 1900. The number of rotatable bonds is 10. The van der Waals surface area contributed by atoms with Crippen molar-refractivity contribution in [2.24, 2.45) is 0 Å². The first-order valence-electron chi connectivity index (χ1n) is 16.0. The van der Waals surface area contributed by atoms with Gasteiger partial charge in [-0.3, -0.25) is 14.7 Å². The van der Waals surface area contributed by atoms with Gasteiger partial charge in [0.25, 0.3) is 11.7 Å². The third-order valence-corrected chi connectivity index (χ3v) is 8.42. The molecule has 6 rings (SSSR count). The van der Waals surface area contributed by atoms with E-state index in [0.29, 0.717) is 46.4 Å². The molecule has 9 nitrogen and oxygen atoms in total. The van der Waals surface area contributed by atoms with E-state index in [1.54, 1.807) is 31.5 Å². The number of nitrogens with one attached hydrogen (secondary N) is 1. The first-order chi connectivity index (χ1) is 22.7. The lowest BCUT2D eigenvalue weighted by Crippen LogP contribution is -2.37. The normalized spacial score (nSPS) is 13.9. The molecule has 47 heavy (non-hydrogen) atoms. The van der Waals surface area contributed by atoms with Crippen LogP contribution in [-0.2, 0) is 10.2 Å². The molecule has 3 N–H and O–H groups in total. The van der Waals surface area contributed by atoms with Crippen LogP contribution in [0.15, 0.2) is 79.0 Å². The van der Waals surface area contributed by atoms with E-state index < -0.39 is 0 Å². The molecule has 0 atom stereocenters.